The highest BCUT2D eigenvalue weighted by atomic mass is 16.3. The van der Waals surface area contributed by atoms with Crippen molar-refractivity contribution in [3.8, 4) is 0 Å². The molecule has 1 amide bonds. The van der Waals surface area contributed by atoms with E-state index < -0.39 is 17.0 Å². The van der Waals surface area contributed by atoms with Gasteiger partial charge in [0.05, 0.1) is 11.1 Å². The van der Waals surface area contributed by atoms with Gasteiger partial charge in [-0.15, -0.1) is 0 Å². The molecule has 0 aromatic rings. The van der Waals surface area contributed by atoms with Gasteiger partial charge < -0.3 is 16.2 Å². The third-order valence-electron chi connectivity index (χ3n) is 2.29. The number of nitrogens with one attached hydrogen (secondary N) is 1. The molecule has 0 aliphatic rings. The summed E-state index contributed by atoms with van der Waals surface area (Å²) >= 11 is 0. The molecule has 4 N–H and O–H groups in total. The average molecular weight is 188 g/mol. The predicted molar refractivity (Wildman–Crippen MR) is 52.2 cm³/mol. The number of hydrogen-bond acceptors (Lipinski definition) is 3. The number of carbonyl (C=O) groups is 1. The third kappa shape index (κ3) is 4.24. The summed E-state index contributed by atoms with van der Waals surface area (Å²) in [6, 6.07) is 0. The van der Waals surface area contributed by atoms with E-state index in [1.165, 1.54) is 0 Å². The van der Waals surface area contributed by atoms with Crippen molar-refractivity contribution in [2.75, 3.05) is 6.54 Å². The Morgan fingerprint density at radius 3 is 2.23 bits per heavy atom. The summed E-state index contributed by atoms with van der Waals surface area (Å²) in [5.74, 6) is -0.417. The highest BCUT2D eigenvalue weighted by Crippen LogP contribution is 2.09. The second kappa shape index (κ2) is 4.07. The minimum absolute atomic E-state index is 0.361. The first-order valence-corrected chi connectivity index (χ1v) is 4.48. The van der Waals surface area contributed by atoms with Crippen LogP contribution in [0.2, 0.25) is 0 Å². The van der Waals surface area contributed by atoms with Gasteiger partial charge in [-0.25, -0.2) is 0 Å². The fraction of sp³-hybridized carbons (Fsp3) is 0.889. The monoisotopic (exact) mass is 188 g/mol. The van der Waals surface area contributed by atoms with E-state index in [1.807, 2.05) is 6.92 Å². The quantitative estimate of drug-likeness (QED) is 0.568. The van der Waals surface area contributed by atoms with Crippen molar-refractivity contribution in [2.24, 2.45) is 5.73 Å². The first kappa shape index (κ1) is 12.4. The van der Waals surface area contributed by atoms with E-state index in [2.05, 4.69) is 5.32 Å². The number of amides is 1. The Labute approximate surface area is 79.5 Å². The second-order valence-corrected chi connectivity index (χ2v) is 4.19. The van der Waals surface area contributed by atoms with E-state index in [4.69, 9.17) is 5.73 Å². The smallest absolute Gasteiger partial charge is 0.237 e. The summed E-state index contributed by atoms with van der Waals surface area (Å²) < 4.78 is 0. The van der Waals surface area contributed by atoms with Gasteiger partial charge in [-0.2, -0.15) is 0 Å². The number of primary amides is 1. The summed E-state index contributed by atoms with van der Waals surface area (Å²) in [6.07, 6.45) is 0.634. The molecule has 0 radical (unpaired) electrons. The van der Waals surface area contributed by atoms with E-state index in [9.17, 15) is 9.90 Å². The molecule has 0 saturated carbocycles. The lowest BCUT2D eigenvalue weighted by atomic mass is 9.99. The van der Waals surface area contributed by atoms with E-state index in [0.717, 1.165) is 0 Å². The Morgan fingerprint density at radius 1 is 1.46 bits per heavy atom. The molecule has 0 aliphatic carbocycles. The van der Waals surface area contributed by atoms with Gasteiger partial charge in [-0.1, -0.05) is 6.92 Å². The highest BCUT2D eigenvalue weighted by Gasteiger charge is 2.27. The largest absolute Gasteiger partial charge is 0.389 e. The van der Waals surface area contributed by atoms with Gasteiger partial charge in [-0.05, 0) is 27.2 Å². The molecule has 4 nitrogen and oxygen atoms in total. The molecule has 1 unspecified atom stereocenters. The summed E-state index contributed by atoms with van der Waals surface area (Å²) in [6.45, 7) is 7.36. The van der Waals surface area contributed by atoms with E-state index in [0.29, 0.717) is 13.0 Å². The van der Waals surface area contributed by atoms with Crippen molar-refractivity contribution in [3.05, 3.63) is 0 Å². The molecule has 0 saturated heterocycles. The van der Waals surface area contributed by atoms with Crippen molar-refractivity contribution < 1.29 is 9.90 Å². The van der Waals surface area contributed by atoms with Gasteiger partial charge >= 0.3 is 0 Å². The molecule has 0 spiro atoms. The van der Waals surface area contributed by atoms with Gasteiger partial charge in [-0.3, -0.25) is 4.79 Å². The number of aliphatic hydroxyl groups is 1. The topological polar surface area (TPSA) is 75.3 Å². The Bertz CT molecular complexity index is 188. The summed E-state index contributed by atoms with van der Waals surface area (Å²) in [7, 11) is 0. The van der Waals surface area contributed by atoms with Crippen molar-refractivity contribution >= 4 is 5.91 Å². The zero-order valence-electron chi connectivity index (χ0n) is 8.85. The Morgan fingerprint density at radius 2 is 1.92 bits per heavy atom. The third-order valence-corrected chi connectivity index (χ3v) is 2.29. The molecule has 0 rings (SSSR count). The van der Waals surface area contributed by atoms with E-state index >= 15 is 0 Å². The molecule has 78 valence electrons. The molecule has 4 heteroatoms. The summed E-state index contributed by atoms with van der Waals surface area (Å²) in [5, 5.41) is 12.6. The minimum Gasteiger partial charge on any atom is -0.389 e. The fourth-order valence-corrected chi connectivity index (χ4v) is 0.624. The SMILES string of the molecule is CCC(C)(O)CNC(C)(C)C(N)=O. The predicted octanol–water partition coefficient (Wildman–Crippen LogP) is 0.000900. The van der Waals surface area contributed by atoms with Crippen LogP contribution in [-0.4, -0.2) is 28.7 Å². The zero-order valence-corrected chi connectivity index (χ0v) is 8.85. The maximum Gasteiger partial charge on any atom is 0.237 e. The van der Waals surface area contributed by atoms with E-state index in [1.54, 1.807) is 20.8 Å². The average Bonchev–Trinajstić information content (AvgIpc) is 2.01. The van der Waals surface area contributed by atoms with Crippen LogP contribution in [-0.2, 0) is 4.79 Å². The molecular weight excluding hydrogens is 168 g/mol. The van der Waals surface area contributed by atoms with Crippen LogP contribution in [0, 0.1) is 0 Å². The maximum atomic E-state index is 10.9. The van der Waals surface area contributed by atoms with E-state index in [-0.39, 0.29) is 0 Å². The van der Waals surface area contributed by atoms with Crippen LogP contribution >= 0.6 is 0 Å². The molecule has 1 atom stereocenters. The number of hydrogen-bond donors (Lipinski definition) is 3. The molecule has 0 heterocycles. The first-order chi connectivity index (χ1) is 5.71. The van der Waals surface area contributed by atoms with Crippen LogP contribution in [0.5, 0.6) is 0 Å². The number of rotatable bonds is 5. The van der Waals surface area contributed by atoms with Gasteiger partial charge in [0.1, 0.15) is 0 Å². The molecular formula is C9H20N2O2. The normalized spacial score (nSPS) is 16.7. The summed E-state index contributed by atoms with van der Waals surface area (Å²) in [5.41, 5.74) is 3.61. The maximum absolute atomic E-state index is 10.9. The lowest BCUT2D eigenvalue weighted by molar-refractivity contribution is -0.123. The number of β-amino-alcohol motifs (C(OH)–C–C–N with tert-alkyl or cyclic N) is 1. The Kier molecular flexibility index (Phi) is 3.88. The number of nitrogens with two attached hydrogens (primary N) is 1. The minimum atomic E-state index is -0.785. The fourth-order valence-electron chi connectivity index (χ4n) is 0.624. The Balaban J connectivity index is 4.09. The lowest BCUT2D eigenvalue weighted by Crippen LogP contribution is -2.54. The second-order valence-electron chi connectivity index (χ2n) is 4.19. The van der Waals surface area contributed by atoms with Crippen LogP contribution in [0.3, 0.4) is 0 Å². The molecule has 0 aromatic heterocycles. The van der Waals surface area contributed by atoms with Gasteiger partial charge in [0.2, 0.25) is 5.91 Å². The zero-order chi connectivity index (χ0) is 10.7. The van der Waals surface area contributed by atoms with Gasteiger partial charge in [0.25, 0.3) is 0 Å². The molecule has 0 aromatic carbocycles. The molecule has 0 bridgehead atoms. The standard InChI is InChI=1S/C9H20N2O2/c1-5-9(4,13)6-11-8(2,3)7(10)12/h11,13H,5-6H2,1-4H3,(H2,10,12). The van der Waals surface area contributed by atoms with Crippen LogP contribution in [0.1, 0.15) is 34.1 Å². The van der Waals surface area contributed by atoms with Crippen molar-refractivity contribution in [3.63, 3.8) is 0 Å². The van der Waals surface area contributed by atoms with Crippen LogP contribution in [0.25, 0.3) is 0 Å². The van der Waals surface area contributed by atoms with Crippen molar-refractivity contribution in [1.82, 2.24) is 5.32 Å². The Hall–Kier alpha value is -0.610. The van der Waals surface area contributed by atoms with Gasteiger partial charge in [0, 0.05) is 6.54 Å². The molecule has 0 fully saturated rings. The van der Waals surface area contributed by atoms with Gasteiger partial charge in [0.15, 0.2) is 0 Å². The van der Waals surface area contributed by atoms with Crippen LogP contribution in [0.15, 0.2) is 0 Å². The lowest BCUT2D eigenvalue weighted by Gasteiger charge is -2.28. The highest BCUT2D eigenvalue weighted by molar-refractivity contribution is 5.83. The molecule has 13 heavy (non-hydrogen) atoms. The van der Waals surface area contributed by atoms with Crippen molar-refractivity contribution in [2.45, 2.75) is 45.3 Å². The van der Waals surface area contributed by atoms with Crippen LogP contribution in [0.4, 0.5) is 0 Å². The van der Waals surface area contributed by atoms with Crippen LogP contribution < -0.4 is 11.1 Å². The summed E-state index contributed by atoms with van der Waals surface area (Å²) in [4.78, 5) is 10.9. The first-order valence-electron chi connectivity index (χ1n) is 4.48. The molecule has 0 aliphatic heterocycles. The van der Waals surface area contributed by atoms with Crippen molar-refractivity contribution in [1.29, 1.82) is 0 Å². The number of carbonyl (C=O) groups excluding carboxylic acids is 1.